The Labute approximate surface area is 121 Å². The van der Waals surface area contributed by atoms with Crippen molar-refractivity contribution in [1.29, 1.82) is 0 Å². The Kier molecular flexibility index (Phi) is 3.82. The van der Waals surface area contributed by atoms with Crippen LogP contribution in [-0.2, 0) is 17.9 Å². The van der Waals surface area contributed by atoms with Gasteiger partial charge in [-0.05, 0) is 23.3 Å². The Morgan fingerprint density at radius 2 is 2.00 bits per heavy atom. The van der Waals surface area contributed by atoms with Crippen LogP contribution in [0, 0.1) is 0 Å². The highest BCUT2D eigenvalue weighted by molar-refractivity contribution is 5.73. The molecule has 106 valence electrons. The lowest BCUT2D eigenvalue weighted by molar-refractivity contribution is 0.139. The summed E-state index contributed by atoms with van der Waals surface area (Å²) in [6, 6.07) is 15.1. The van der Waals surface area contributed by atoms with Gasteiger partial charge in [0.2, 0.25) is 0 Å². The summed E-state index contributed by atoms with van der Waals surface area (Å²) in [6.45, 7) is 0.637. The number of alkyl carbamates (subject to hydrolysis) is 1. The lowest BCUT2D eigenvalue weighted by Crippen LogP contribution is -2.23. The molecule has 5 heteroatoms. The minimum absolute atomic E-state index is 0.258. The molecule has 5 nitrogen and oxygen atoms in total. The van der Waals surface area contributed by atoms with Crippen molar-refractivity contribution in [2.24, 2.45) is 0 Å². The van der Waals surface area contributed by atoms with E-state index < -0.39 is 6.09 Å². The lowest BCUT2D eigenvalue weighted by Gasteiger charge is -2.07. The molecule has 2 aromatic carbocycles. The third-order valence-corrected chi connectivity index (χ3v) is 3.05. The molecule has 0 aliphatic carbocycles. The van der Waals surface area contributed by atoms with Crippen LogP contribution >= 0.6 is 0 Å². The number of benzene rings is 2. The van der Waals surface area contributed by atoms with Gasteiger partial charge in [0.1, 0.15) is 12.1 Å². The maximum absolute atomic E-state index is 11.6. The van der Waals surface area contributed by atoms with E-state index in [1.807, 2.05) is 48.5 Å². The molecule has 0 saturated heterocycles. The summed E-state index contributed by atoms with van der Waals surface area (Å²) in [5, 5.41) is 2.70. The molecule has 1 amide bonds. The first-order valence-electron chi connectivity index (χ1n) is 6.58. The van der Waals surface area contributed by atoms with Gasteiger partial charge in [-0.1, -0.05) is 36.4 Å². The Hall–Kier alpha value is -2.82. The number of nitrogens with one attached hydrogen (secondary N) is 1. The first-order valence-corrected chi connectivity index (χ1v) is 6.58. The second kappa shape index (κ2) is 6.09. The van der Waals surface area contributed by atoms with Crippen LogP contribution < -0.4 is 5.32 Å². The summed E-state index contributed by atoms with van der Waals surface area (Å²) in [5.41, 5.74) is 3.38. The molecule has 0 bridgehead atoms. The summed E-state index contributed by atoms with van der Waals surface area (Å²) in [5.74, 6) is 0. The van der Waals surface area contributed by atoms with Crippen LogP contribution in [0.25, 0.3) is 11.1 Å². The number of aromatic nitrogens is 1. The average Bonchev–Trinajstić information content (AvgIpc) is 2.99. The standard InChI is InChI=1S/C16H14N2O3/c19-16(20-10-12-4-2-1-3-5-12)17-9-13-6-7-14-15(8-13)21-11-18-14/h1-8,11H,9-10H2,(H,17,19). The molecule has 0 aliphatic heterocycles. The molecule has 0 atom stereocenters. The normalized spacial score (nSPS) is 10.5. The Balaban J connectivity index is 1.51. The van der Waals surface area contributed by atoms with E-state index in [4.69, 9.17) is 9.15 Å². The van der Waals surface area contributed by atoms with Crippen molar-refractivity contribution in [3.8, 4) is 0 Å². The number of hydrogen-bond donors (Lipinski definition) is 1. The Bertz CT molecular complexity index is 737. The minimum Gasteiger partial charge on any atom is -0.445 e. The van der Waals surface area contributed by atoms with E-state index in [9.17, 15) is 4.79 Å². The number of ether oxygens (including phenoxy) is 1. The van der Waals surface area contributed by atoms with Crippen LogP contribution in [0.15, 0.2) is 59.3 Å². The van der Waals surface area contributed by atoms with Gasteiger partial charge < -0.3 is 14.5 Å². The van der Waals surface area contributed by atoms with E-state index in [0.29, 0.717) is 12.1 Å². The number of amides is 1. The van der Waals surface area contributed by atoms with Gasteiger partial charge in [0, 0.05) is 6.54 Å². The predicted octanol–water partition coefficient (Wildman–Crippen LogP) is 3.25. The topological polar surface area (TPSA) is 64.4 Å². The second-order valence-electron chi connectivity index (χ2n) is 4.57. The molecule has 1 aromatic heterocycles. The van der Waals surface area contributed by atoms with Crippen LogP contribution in [0.1, 0.15) is 11.1 Å². The van der Waals surface area contributed by atoms with Crippen LogP contribution in [0.3, 0.4) is 0 Å². The highest BCUT2D eigenvalue weighted by Crippen LogP contribution is 2.14. The fraction of sp³-hybridized carbons (Fsp3) is 0.125. The average molecular weight is 282 g/mol. The summed E-state index contributed by atoms with van der Waals surface area (Å²) in [4.78, 5) is 15.7. The molecular formula is C16H14N2O3. The molecular weight excluding hydrogens is 268 g/mol. The van der Waals surface area contributed by atoms with Gasteiger partial charge in [0.15, 0.2) is 12.0 Å². The van der Waals surface area contributed by atoms with E-state index in [1.54, 1.807) is 0 Å². The third kappa shape index (κ3) is 3.39. The molecule has 3 aromatic rings. The fourth-order valence-electron chi connectivity index (χ4n) is 1.96. The first kappa shape index (κ1) is 13.2. The van der Waals surface area contributed by atoms with Crippen LogP contribution in [-0.4, -0.2) is 11.1 Å². The highest BCUT2D eigenvalue weighted by atomic mass is 16.5. The van der Waals surface area contributed by atoms with Crippen molar-refractivity contribution in [2.45, 2.75) is 13.2 Å². The fourth-order valence-corrected chi connectivity index (χ4v) is 1.96. The van der Waals surface area contributed by atoms with Gasteiger partial charge in [-0.3, -0.25) is 0 Å². The number of carbonyl (C=O) groups is 1. The van der Waals surface area contributed by atoms with Gasteiger partial charge in [0.05, 0.1) is 0 Å². The maximum Gasteiger partial charge on any atom is 0.407 e. The highest BCUT2D eigenvalue weighted by Gasteiger charge is 2.04. The van der Waals surface area contributed by atoms with Crippen molar-refractivity contribution in [3.05, 3.63) is 66.1 Å². The Morgan fingerprint density at radius 3 is 2.86 bits per heavy atom. The monoisotopic (exact) mass is 282 g/mol. The molecule has 0 unspecified atom stereocenters. The number of nitrogens with zero attached hydrogens (tertiary/aromatic N) is 1. The van der Waals surface area contributed by atoms with E-state index in [0.717, 1.165) is 16.6 Å². The first-order chi connectivity index (χ1) is 10.3. The van der Waals surface area contributed by atoms with Gasteiger partial charge in [0.25, 0.3) is 0 Å². The van der Waals surface area contributed by atoms with Crippen molar-refractivity contribution in [2.75, 3.05) is 0 Å². The molecule has 0 saturated carbocycles. The Morgan fingerprint density at radius 1 is 1.14 bits per heavy atom. The quantitative estimate of drug-likeness (QED) is 0.797. The molecule has 0 radical (unpaired) electrons. The summed E-state index contributed by atoms with van der Waals surface area (Å²) >= 11 is 0. The zero-order chi connectivity index (χ0) is 14.5. The van der Waals surface area contributed by atoms with Crippen molar-refractivity contribution < 1.29 is 13.9 Å². The molecule has 1 N–H and O–H groups in total. The smallest absolute Gasteiger partial charge is 0.407 e. The molecule has 21 heavy (non-hydrogen) atoms. The number of rotatable bonds is 4. The zero-order valence-corrected chi connectivity index (χ0v) is 11.3. The minimum atomic E-state index is -0.448. The van der Waals surface area contributed by atoms with Crippen LogP contribution in [0.4, 0.5) is 4.79 Å². The van der Waals surface area contributed by atoms with Gasteiger partial charge in [-0.25, -0.2) is 9.78 Å². The molecule has 0 fully saturated rings. The lowest BCUT2D eigenvalue weighted by atomic mass is 10.2. The SMILES string of the molecule is O=C(NCc1ccc2ncoc2c1)OCc1ccccc1. The summed E-state index contributed by atoms with van der Waals surface area (Å²) in [7, 11) is 0. The van der Waals surface area contributed by atoms with Crippen molar-refractivity contribution >= 4 is 17.2 Å². The molecule has 0 spiro atoms. The van der Waals surface area contributed by atoms with Gasteiger partial charge >= 0.3 is 6.09 Å². The van der Waals surface area contributed by atoms with Crippen molar-refractivity contribution in [3.63, 3.8) is 0 Å². The number of carbonyl (C=O) groups excluding carboxylic acids is 1. The largest absolute Gasteiger partial charge is 0.445 e. The summed E-state index contributed by atoms with van der Waals surface area (Å²) in [6.07, 6.45) is 0.951. The second-order valence-corrected chi connectivity index (χ2v) is 4.57. The number of oxazole rings is 1. The van der Waals surface area contributed by atoms with Crippen LogP contribution in [0.2, 0.25) is 0 Å². The van der Waals surface area contributed by atoms with Crippen molar-refractivity contribution in [1.82, 2.24) is 10.3 Å². The van der Waals surface area contributed by atoms with E-state index in [2.05, 4.69) is 10.3 Å². The van der Waals surface area contributed by atoms with E-state index in [1.165, 1.54) is 6.39 Å². The zero-order valence-electron chi connectivity index (χ0n) is 11.3. The van der Waals surface area contributed by atoms with Gasteiger partial charge in [-0.2, -0.15) is 0 Å². The van der Waals surface area contributed by atoms with Crippen LogP contribution in [0.5, 0.6) is 0 Å². The summed E-state index contributed by atoms with van der Waals surface area (Å²) < 4.78 is 10.4. The van der Waals surface area contributed by atoms with Gasteiger partial charge in [-0.15, -0.1) is 0 Å². The van der Waals surface area contributed by atoms with E-state index in [-0.39, 0.29) is 6.61 Å². The predicted molar refractivity (Wildman–Crippen MR) is 77.5 cm³/mol. The molecule has 0 aliphatic rings. The number of hydrogen-bond acceptors (Lipinski definition) is 4. The van der Waals surface area contributed by atoms with E-state index >= 15 is 0 Å². The molecule has 1 heterocycles. The number of fused-ring (bicyclic) bond motifs is 1. The molecule has 3 rings (SSSR count). The third-order valence-electron chi connectivity index (χ3n) is 3.05. The maximum atomic E-state index is 11.6.